The van der Waals surface area contributed by atoms with E-state index in [1.54, 1.807) is 0 Å². The Morgan fingerprint density at radius 3 is 2.77 bits per heavy atom. The maximum atomic E-state index is 9.32. The summed E-state index contributed by atoms with van der Waals surface area (Å²) in [5.41, 5.74) is 3.02. The lowest BCUT2D eigenvalue weighted by molar-refractivity contribution is 0.0772. The minimum atomic E-state index is 0.168. The van der Waals surface area contributed by atoms with Crippen molar-refractivity contribution in [2.45, 2.75) is 12.5 Å². The molecule has 1 aromatic carbocycles. The van der Waals surface area contributed by atoms with E-state index in [4.69, 9.17) is 4.74 Å². The fourth-order valence-electron chi connectivity index (χ4n) is 4.12. The molecule has 0 amide bonds. The average molecular weight is 351 g/mol. The molecule has 136 valence electrons. The highest BCUT2D eigenvalue weighted by atomic mass is 16.5. The van der Waals surface area contributed by atoms with Gasteiger partial charge in [0.1, 0.15) is 6.07 Å². The van der Waals surface area contributed by atoms with E-state index in [0.29, 0.717) is 5.92 Å². The summed E-state index contributed by atoms with van der Waals surface area (Å²) in [7, 11) is 1.95. The summed E-state index contributed by atoms with van der Waals surface area (Å²) in [5.74, 6) is 0.525. The Balaban J connectivity index is 1.36. The molecule has 2 aliphatic rings. The highest BCUT2D eigenvalue weighted by molar-refractivity contribution is 5.59. The van der Waals surface area contributed by atoms with Crippen LogP contribution in [0, 0.1) is 17.2 Å². The van der Waals surface area contributed by atoms with E-state index < -0.39 is 0 Å². The highest BCUT2D eigenvalue weighted by Gasteiger charge is 2.32. The molecule has 2 fully saturated rings. The zero-order valence-corrected chi connectivity index (χ0v) is 15.2. The van der Waals surface area contributed by atoms with E-state index in [9.17, 15) is 5.26 Å². The van der Waals surface area contributed by atoms with Crippen molar-refractivity contribution in [3.8, 4) is 6.07 Å². The van der Waals surface area contributed by atoms with Crippen molar-refractivity contribution >= 4 is 5.69 Å². The summed E-state index contributed by atoms with van der Waals surface area (Å²) < 4.78 is 7.85. The van der Waals surface area contributed by atoms with Crippen molar-refractivity contribution in [3.05, 3.63) is 47.8 Å². The van der Waals surface area contributed by atoms with Gasteiger partial charge in [-0.2, -0.15) is 10.4 Å². The molecular formula is C20H25N5O. The molecule has 2 aromatic rings. The molecule has 3 heterocycles. The zero-order valence-electron chi connectivity index (χ0n) is 15.2. The molecule has 0 saturated carbocycles. The fraction of sp³-hybridized carbons (Fsp3) is 0.500. The van der Waals surface area contributed by atoms with Gasteiger partial charge in [-0.1, -0.05) is 12.1 Å². The van der Waals surface area contributed by atoms with Crippen LogP contribution < -0.4 is 4.90 Å². The Morgan fingerprint density at radius 2 is 2.04 bits per heavy atom. The summed E-state index contributed by atoms with van der Waals surface area (Å²) >= 11 is 0. The second-order valence-electron chi connectivity index (χ2n) is 7.20. The van der Waals surface area contributed by atoms with Gasteiger partial charge in [-0.3, -0.25) is 9.58 Å². The second kappa shape index (κ2) is 7.48. The number of piperazine rings is 1. The van der Waals surface area contributed by atoms with Crippen LogP contribution in [-0.2, 0) is 11.8 Å². The van der Waals surface area contributed by atoms with Gasteiger partial charge in [0.15, 0.2) is 0 Å². The van der Waals surface area contributed by atoms with Gasteiger partial charge in [0.05, 0.1) is 23.6 Å². The van der Waals surface area contributed by atoms with Crippen LogP contribution in [0.3, 0.4) is 0 Å². The number of hydrogen-bond acceptors (Lipinski definition) is 5. The molecule has 4 rings (SSSR count). The molecule has 6 heteroatoms. The highest BCUT2D eigenvalue weighted by Crippen LogP contribution is 2.35. The van der Waals surface area contributed by atoms with Crippen LogP contribution in [0.25, 0.3) is 0 Å². The number of hydrogen-bond donors (Lipinski definition) is 0. The standard InChI is InChI=1S/C20H25N5O/c1-23-14-18(13-22-23)20-17(6-11-26-20)15-24-7-9-25(10-8-24)19-5-3-2-4-16(19)12-21/h2-5,13-14,17,20H,6-11,15H2,1H3/t17-,20+/m1/s1. The number of aromatic nitrogens is 2. The maximum Gasteiger partial charge on any atom is 0.101 e. The van der Waals surface area contributed by atoms with Crippen LogP contribution in [-0.4, -0.2) is 54.0 Å². The third kappa shape index (κ3) is 3.46. The van der Waals surface area contributed by atoms with Gasteiger partial charge in [0.25, 0.3) is 0 Å². The van der Waals surface area contributed by atoms with Crippen LogP contribution >= 0.6 is 0 Å². The summed E-state index contributed by atoms with van der Waals surface area (Å²) in [6, 6.07) is 10.2. The van der Waals surface area contributed by atoms with Crippen molar-refractivity contribution in [2.75, 3.05) is 44.2 Å². The topological polar surface area (TPSA) is 57.3 Å². The number of anilines is 1. The first kappa shape index (κ1) is 17.1. The molecule has 2 saturated heterocycles. The number of para-hydroxylation sites is 1. The van der Waals surface area contributed by atoms with E-state index in [2.05, 4.69) is 33.2 Å². The molecule has 0 bridgehead atoms. The van der Waals surface area contributed by atoms with E-state index in [-0.39, 0.29) is 6.10 Å². The van der Waals surface area contributed by atoms with Crippen LogP contribution in [0.5, 0.6) is 0 Å². The average Bonchev–Trinajstić information content (AvgIpc) is 3.31. The van der Waals surface area contributed by atoms with Crippen LogP contribution in [0.1, 0.15) is 23.7 Å². The lowest BCUT2D eigenvalue weighted by Crippen LogP contribution is -2.48. The third-order valence-corrected chi connectivity index (χ3v) is 5.50. The summed E-state index contributed by atoms with van der Waals surface area (Å²) in [5, 5.41) is 13.6. The van der Waals surface area contributed by atoms with Crippen LogP contribution in [0.4, 0.5) is 5.69 Å². The first-order valence-corrected chi connectivity index (χ1v) is 9.31. The number of nitrogens with zero attached hydrogens (tertiary/aromatic N) is 5. The molecular weight excluding hydrogens is 326 g/mol. The summed E-state index contributed by atoms with van der Waals surface area (Å²) in [6.07, 6.45) is 5.28. The number of nitriles is 1. The van der Waals surface area contributed by atoms with Gasteiger partial charge in [0, 0.05) is 64.1 Å². The van der Waals surface area contributed by atoms with E-state index in [0.717, 1.165) is 57.0 Å². The van der Waals surface area contributed by atoms with Crippen molar-refractivity contribution in [1.29, 1.82) is 5.26 Å². The molecule has 0 spiro atoms. The van der Waals surface area contributed by atoms with Gasteiger partial charge in [0.2, 0.25) is 0 Å². The largest absolute Gasteiger partial charge is 0.373 e. The first-order chi connectivity index (χ1) is 12.7. The number of benzene rings is 1. The van der Waals surface area contributed by atoms with Gasteiger partial charge >= 0.3 is 0 Å². The molecule has 1 aromatic heterocycles. The monoisotopic (exact) mass is 351 g/mol. The Labute approximate surface area is 154 Å². The van der Waals surface area contributed by atoms with Crippen molar-refractivity contribution in [1.82, 2.24) is 14.7 Å². The molecule has 0 radical (unpaired) electrons. The molecule has 26 heavy (non-hydrogen) atoms. The number of rotatable bonds is 4. The molecule has 0 unspecified atom stereocenters. The van der Waals surface area contributed by atoms with E-state index in [1.165, 1.54) is 5.56 Å². The van der Waals surface area contributed by atoms with Crippen molar-refractivity contribution < 1.29 is 4.74 Å². The molecule has 2 atom stereocenters. The molecule has 0 aliphatic carbocycles. The number of aryl methyl sites for hydroxylation is 1. The van der Waals surface area contributed by atoms with Crippen molar-refractivity contribution in [2.24, 2.45) is 13.0 Å². The molecule has 6 nitrogen and oxygen atoms in total. The Kier molecular flexibility index (Phi) is 4.91. The smallest absolute Gasteiger partial charge is 0.101 e. The Hall–Kier alpha value is -2.36. The predicted molar refractivity (Wildman–Crippen MR) is 99.8 cm³/mol. The molecule has 2 aliphatic heterocycles. The Bertz CT molecular complexity index is 787. The zero-order chi connectivity index (χ0) is 17.9. The first-order valence-electron chi connectivity index (χ1n) is 9.31. The maximum absolute atomic E-state index is 9.32. The lowest BCUT2D eigenvalue weighted by Gasteiger charge is -2.38. The quantitative estimate of drug-likeness (QED) is 0.845. The van der Waals surface area contributed by atoms with Gasteiger partial charge in [-0.25, -0.2) is 0 Å². The molecule has 0 N–H and O–H groups in total. The SMILES string of the molecule is Cn1cc([C@H]2OCC[C@@H]2CN2CCN(c3ccccc3C#N)CC2)cn1. The Morgan fingerprint density at radius 1 is 1.23 bits per heavy atom. The van der Waals surface area contributed by atoms with Gasteiger partial charge in [-0.05, 0) is 18.6 Å². The predicted octanol–water partition coefficient (Wildman–Crippen LogP) is 2.19. The summed E-state index contributed by atoms with van der Waals surface area (Å²) in [4.78, 5) is 4.87. The minimum Gasteiger partial charge on any atom is -0.373 e. The number of ether oxygens (including phenoxy) is 1. The fourth-order valence-corrected chi connectivity index (χ4v) is 4.12. The van der Waals surface area contributed by atoms with Gasteiger partial charge in [-0.15, -0.1) is 0 Å². The van der Waals surface area contributed by atoms with Gasteiger partial charge < -0.3 is 9.64 Å². The van der Waals surface area contributed by atoms with E-state index in [1.807, 2.05) is 36.1 Å². The van der Waals surface area contributed by atoms with Crippen LogP contribution in [0.2, 0.25) is 0 Å². The third-order valence-electron chi connectivity index (χ3n) is 5.50. The van der Waals surface area contributed by atoms with E-state index >= 15 is 0 Å². The van der Waals surface area contributed by atoms with Crippen molar-refractivity contribution in [3.63, 3.8) is 0 Å². The lowest BCUT2D eigenvalue weighted by atomic mass is 9.96. The normalized spacial score (nSPS) is 23.9. The summed E-state index contributed by atoms with van der Waals surface area (Å²) in [6.45, 7) is 5.87. The minimum absolute atomic E-state index is 0.168. The van der Waals surface area contributed by atoms with Crippen LogP contribution in [0.15, 0.2) is 36.7 Å². The second-order valence-corrected chi connectivity index (χ2v) is 7.20.